The van der Waals surface area contributed by atoms with Gasteiger partial charge in [-0.2, -0.15) is 0 Å². The Morgan fingerprint density at radius 2 is 1.84 bits per heavy atom. The van der Waals surface area contributed by atoms with Crippen LogP contribution in [0.5, 0.6) is 5.75 Å². The van der Waals surface area contributed by atoms with Gasteiger partial charge in [0.15, 0.2) is 11.0 Å². The van der Waals surface area contributed by atoms with Crippen molar-refractivity contribution in [2.24, 2.45) is 0 Å². The lowest BCUT2D eigenvalue weighted by molar-refractivity contribution is -0.113. The van der Waals surface area contributed by atoms with Gasteiger partial charge in [0.25, 0.3) is 0 Å². The van der Waals surface area contributed by atoms with Crippen molar-refractivity contribution >= 4 is 35.0 Å². The lowest BCUT2D eigenvalue weighted by atomic mass is 10.2. The molecule has 32 heavy (non-hydrogen) atoms. The highest BCUT2D eigenvalue weighted by molar-refractivity contribution is 7.99. The summed E-state index contributed by atoms with van der Waals surface area (Å²) < 4.78 is 21.1. The third-order valence-electron chi connectivity index (χ3n) is 4.53. The maximum absolute atomic E-state index is 14.0. The van der Waals surface area contributed by atoms with Gasteiger partial charge in [0, 0.05) is 16.3 Å². The third-order valence-corrected chi connectivity index (χ3v) is 5.70. The Morgan fingerprint density at radius 1 is 1.09 bits per heavy atom. The number of carbonyl (C=O) groups excluding carboxylic acids is 1. The second-order valence-corrected chi connectivity index (χ2v) is 8.05. The van der Waals surface area contributed by atoms with Crippen LogP contribution in [-0.2, 0) is 4.79 Å². The molecule has 1 N–H and O–H groups in total. The van der Waals surface area contributed by atoms with Crippen LogP contribution in [0, 0.1) is 5.82 Å². The van der Waals surface area contributed by atoms with Gasteiger partial charge in [-0.15, -0.1) is 10.2 Å². The number of hydrogen-bond acceptors (Lipinski definition) is 5. The first-order valence-corrected chi connectivity index (χ1v) is 10.9. The van der Waals surface area contributed by atoms with E-state index in [1.165, 1.54) is 23.9 Å². The number of nitrogens with zero attached hydrogens (tertiary/aromatic N) is 3. The van der Waals surface area contributed by atoms with Crippen molar-refractivity contribution in [1.82, 2.24) is 14.8 Å². The molecule has 0 bridgehead atoms. The maximum Gasteiger partial charge on any atom is 0.234 e. The minimum absolute atomic E-state index is 0.0190. The summed E-state index contributed by atoms with van der Waals surface area (Å²) in [5.41, 5.74) is 1.78. The molecule has 3 aromatic carbocycles. The van der Waals surface area contributed by atoms with Gasteiger partial charge in [0.05, 0.1) is 18.6 Å². The van der Waals surface area contributed by atoms with Crippen LogP contribution in [0.3, 0.4) is 0 Å². The molecule has 1 amide bonds. The van der Waals surface area contributed by atoms with Crippen LogP contribution in [-0.4, -0.2) is 33.5 Å². The number of ether oxygens (including phenoxy) is 1. The average molecular weight is 469 g/mol. The standard InChI is InChI=1S/C23H18ClFN4O2S/c1-31-18-10-8-17(9-11-18)29-22(15-5-3-2-4-6-15)27-28-23(29)32-14-21(30)26-20-12-7-16(24)13-19(20)25/h2-13H,14H2,1H3,(H,26,30). The van der Waals surface area contributed by atoms with E-state index < -0.39 is 5.82 Å². The summed E-state index contributed by atoms with van der Waals surface area (Å²) in [7, 11) is 1.60. The highest BCUT2D eigenvalue weighted by Crippen LogP contribution is 2.29. The molecule has 0 unspecified atom stereocenters. The number of methoxy groups -OCH3 is 1. The van der Waals surface area contributed by atoms with E-state index in [9.17, 15) is 9.18 Å². The van der Waals surface area contributed by atoms with Crippen molar-refractivity contribution in [3.05, 3.63) is 83.6 Å². The van der Waals surface area contributed by atoms with E-state index >= 15 is 0 Å². The number of anilines is 1. The zero-order valence-corrected chi connectivity index (χ0v) is 18.5. The van der Waals surface area contributed by atoms with E-state index in [0.717, 1.165) is 23.1 Å². The molecule has 0 aliphatic heterocycles. The summed E-state index contributed by atoms with van der Waals surface area (Å²) in [6, 6.07) is 21.2. The number of rotatable bonds is 7. The smallest absolute Gasteiger partial charge is 0.234 e. The van der Waals surface area contributed by atoms with Gasteiger partial charge in [0.2, 0.25) is 5.91 Å². The molecule has 1 aromatic heterocycles. The fraction of sp³-hybridized carbons (Fsp3) is 0.0870. The number of amides is 1. The molecule has 4 aromatic rings. The SMILES string of the molecule is COc1ccc(-n2c(SCC(=O)Nc3ccc(Cl)cc3F)nnc2-c2ccccc2)cc1. The monoisotopic (exact) mass is 468 g/mol. The number of halogens is 2. The number of aromatic nitrogens is 3. The molecule has 0 aliphatic carbocycles. The van der Waals surface area contributed by atoms with Crippen molar-refractivity contribution in [2.45, 2.75) is 5.16 Å². The largest absolute Gasteiger partial charge is 0.497 e. The first-order valence-electron chi connectivity index (χ1n) is 9.58. The summed E-state index contributed by atoms with van der Waals surface area (Å²) >= 11 is 6.96. The van der Waals surface area contributed by atoms with E-state index in [0.29, 0.717) is 11.0 Å². The number of hydrogen-bond donors (Lipinski definition) is 1. The summed E-state index contributed by atoms with van der Waals surface area (Å²) in [6.45, 7) is 0. The number of benzene rings is 3. The fourth-order valence-electron chi connectivity index (χ4n) is 3.01. The topological polar surface area (TPSA) is 69.0 Å². The second-order valence-electron chi connectivity index (χ2n) is 6.67. The Morgan fingerprint density at radius 3 is 2.53 bits per heavy atom. The number of carbonyl (C=O) groups is 1. The van der Waals surface area contributed by atoms with E-state index in [1.807, 2.05) is 59.2 Å². The molecule has 0 saturated heterocycles. The van der Waals surface area contributed by atoms with Crippen LogP contribution in [0.4, 0.5) is 10.1 Å². The van der Waals surface area contributed by atoms with Gasteiger partial charge in [0.1, 0.15) is 11.6 Å². The van der Waals surface area contributed by atoms with Gasteiger partial charge in [-0.05, 0) is 42.5 Å². The van der Waals surface area contributed by atoms with E-state index in [-0.39, 0.29) is 22.4 Å². The van der Waals surface area contributed by atoms with Crippen LogP contribution in [0.25, 0.3) is 17.1 Å². The fourth-order valence-corrected chi connectivity index (χ4v) is 3.92. The van der Waals surface area contributed by atoms with Crippen molar-refractivity contribution in [3.8, 4) is 22.8 Å². The van der Waals surface area contributed by atoms with Crippen molar-refractivity contribution < 1.29 is 13.9 Å². The van der Waals surface area contributed by atoms with Gasteiger partial charge in [-0.3, -0.25) is 9.36 Å². The van der Waals surface area contributed by atoms with Gasteiger partial charge in [-0.1, -0.05) is 53.7 Å². The molecule has 0 radical (unpaired) electrons. The lowest BCUT2D eigenvalue weighted by Gasteiger charge is -2.11. The highest BCUT2D eigenvalue weighted by atomic mass is 35.5. The Hall–Kier alpha value is -3.36. The highest BCUT2D eigenvalue weighted by Gasteiger charge is 2.18. The summed E-state index contributed by atoms with van der Waals surface area (Å²) in [5, 5.41) is 12.0. The van der Waals surface area contributed by atoms with Gasteiger partial charge < -0.3 is 10.1 Å². The molecular formula is C23H18ClFN4O2S. The van der Waals surface area contributed by atoms with Gasteiger partial charge >= 0.3 is 0 Å². The van der Waals surface area contributed by atoms with E-state index in [4.69, 9.17) is 16.3 Å². The molecular weight excluding hydrogens is 451 g/mol. The molecule has 0 saturated carbocycles. The zero-order valence-electron chi connectivity index (χ0n) is 17.0. The van der Waals surface area contributed by atoms with E-state index in [2.05, 4.69) is 15.5 Å². The lowest BCUT2D eigenvalue weighted by Crippen LogP contribution is -2.15. The molecule has 0 fully saturated rings. The van der Waals surface area contributed by atoms with Crippen LogP contribution in [0.2, 0.25) is 5.02 Å². The van der Waals surface area contributed by atoms with Crippen LogP contribution < -0.4 is 10.1 Å². The summed E-state index contributed by atoms with van der Waals surface area (Å²) in [6.07, 6.45) is 0. The molecule has 162 valence electrons. The molecule has 0 atom stereocenters. The second kappa shape index (κ2) is 9.84. The molecule has 4 rings (SSSR count). The first-order chi connectivity index (χ1) is 15.5. The molecule has 0 aliphatic rings. The third kappa shape index (κ3) is 4.92. The Kier molecular flexibility index (Phi) is 6.72. The first kappa shape index (κ1) is 21.9. The Bertz CT molecular complexity index is 1230. The number of nitrogens with one attached hydrogen (secondary N) is 1. The van der Waals surface area contributed by atoms with Crippen LogP contribution in [0.1, 0.15) is 0 Å². The summed E-state index contributed by atoms with van der Waals surface area (Å²) in [4.78, 5) is 12.4. The van der Waals surface area contributed by atoms with Crippen molar-refractivity contribution in [2.75, 3.05) is 18.2 Å². The zero-order chi connectivity index (χ0) is 22.5. The predicted octanol–water partition coefficient (Wildman–Crippen LogP) is 5.47. The van der Waals surface area contributed by atoms with Crippen LogP contribution in [0.15, 0.2) is 78.0 Å². The maximum atomic E-state index is 14.0. The minimum Gasteiger partial charge on any atom is -0.497 e. The summed E-state index contributed by atoms with van der Waals surface area (Å²) in [5.74, 6) is 0.417. The Balaban J connectivity index is 1.59. The van der Waals surface area contributed by atoms with Gasteiger partial charge in [-0.25, -0.2) is 4.39 Å². The quantitative estimate of drug-likeness (QED) is 0.364. The van der Waals surface area contributed by atoms with E-state index in [1.54, 1.807) is 7.11 Å². The normalized spacial score (nSPS) is 10.7. The van der Waals surface area contributed by atoms with Crippen molar-refractivity contribution in [1.29, 1.82) is 0 Å². The number of thioether (sulfide) groups is 1. The predicted molar refractivity (Wildman–Crippen MR) is 124 cm³/mol. The molecule has 0 spiro atoms. The molecule has 9 heteroatoms. The Labute approximate surface area is 193 Å². The van der Waals surface area contributed by atoms with Crippen LogP contribution >= 0.6 is 23.4 Å². The van der Waals surface area contributed by atoms with Crippen molar-refractivity contribution in [3.63, 3.8) is 0 Å². The average Bonchev–Trinajstić information content (AvgIpc) is 3.24. The minimum atomic E-state index is -0.594. The molecule has 6 nitrogen and oxygen atoms in total. The molecule has 1 heterocycles.